The molecule has 2 amide bonds. The van der Waals surface area contributed by atoms with Crippen LogP contribution in [0.1, 0.15) is 43.2 Å². The zero-order chi connectivity index (χ0) is 22.9. The van der Waals surface area contributed by atoms with Crippen LogP contribution >= 0.6 is 0 Å². The van der Waals surface area contributed by atoms with Crippen LogP contribution in [0.3, 0.4) is 0 Å². The molecule has 2 saturated heterocycles. The summed E-state index contributed by atoms with van der Waals surface area (Å²) in [6, 6.07) is 18.1. The molecule has 6 nitrogen and oxygen atoms in total. The van der Waals surface area contributed by atoms with E-state index in [1.54, 1.807) is 0 Å². The second kappa shape index (κ2) is 11.8. The third-order valence-corrected chi connectivity index (χ3v) is 6.57. The van der Waals surface area contributed by atoms with E-state index in [4.69, 9.17) is 4.74 Å². The lowest BCUT2D eigenvalue weighted by Gasteiger charge is -2.32. The molecule has 176 valence electrons. The van der Waals surface area contributed by atoms with Crippen LogP contribution in [-0.2, 0) is 22.7 Å². The van der Waals surface area contributed by atoms with Crippen molar-refractivity contribution in [3.05, 3.63) is 65.7 Å². The van der Waals surface area contributed by atoms with Crippen molar-refractivity contribution < 1.29 is 14.3 Å². The van der Waals surface area contributed by atoms with E-state index in [1.165, 1.54) is 31.5 Å². The number of amides is 2. The van der Waals surface area contributed by atoms with Crippen LogP contribution in [0.5, 0.6) is 5.75 Å². The van der Waals surface area contributed by atoms with Gasteiger partial charge in [0.15, 0.2) is 0 Å². The predicted octanol–water partition coefficient (Wildman–Crippen LogP) is 3.61. The molecule has 1 unspecified atom stereocenters. The van der Waals surface area contributed by atoms with Gasteiger partial charge in [-0.05, 0) is 62.0 Å². The molecule has 2 aliphatic rings. The van der Waals surface area contributed by atoms with Crippen molar-refractivity contribution in [2.45, 2.75) is 45.2 Å². The summed E-state index contributed by atoms with van der Waals surface area (Å²) in [5.41, 5.74) is 2.43. The Labute approximate surface area is 196 Å². The third-order valence-electron chi connectivity index (χ3n) is 6.57. The highest BCUT2D eigenvalue weighted by molar-refractivity contribution is 5.81. The molecule has 2 aromatic rings. The number of benzene rings is 2. The summed E-state index contributed by atoms with van der Waals surface area (Å²) in [6.07, 6.45) is 4.61. The Morgan fingerprint density at radius 2 is 1.64 bits per heavy atom. The lowest BCUT2D eigenvalue weighted by Crippen LogP contribution is -2.45. The van der Waals surface area contributed by atoms with Crippen LogP contribution in [0.2, 0.25) is 0 Å². The van der Waals surface area contributed by atoms with Crippen LogP contribution < -0.4 is 10.1 Å². The Kier molecular flexibility index (Phi) is 8.36. The van der Waals surface area contributed by atoms with Gasteiger partial charge < -0.3 is 15.0 Å². The molecule has 0 radical (unpaired) electrons. The van der Waals surface area contributed by atoms with Gasteiger partial charge in [-0.3, -0.25) is 14.5 Å². The summed E-state index contributed by atoms with van der Waals surface area (Å²) in [7, 11) is 0. The van der Waals surface area contributed by atoms with Gasteiger partial charge in [0.2, 0.25) is 11.8 Å². The van der Waals surface area contributed by atoms with Gasteiger partial charge in [-0.1, -0.05) is 42.5 Å². The van der Waals surface area contributed by atoms with Crippen LogP contribution in [0.25, 0.3) is 0 Å². The molecule has 0 saturated carbocycles. The van der Waals surface area contributed by atoms with Crippen molar-refractivity contribution in [1.29, 1.82) is 0 Å². The molecule has 2 heterocycles. The lowest BCUT2D eigenvalue weighted by molar-refractivity contribution is -0.136. The zero-order valence-electron chi connectivity index (χ0n) is 19.4. The monoisotopic (exact) mass is 449 g/mol. The number of ether oxygens (including phenoxy) is 1. The van der Waals surface area contributed by atoms with Gasteiger partial charge in [0.1, 0.15) is 5.75 Å². The fraction of sp³-hybridized carbons (Fsp3) is 0.481. The average molecular weight is 450 g/mol. The number of hydrogen-bond donors (Lipinski definition) is 1. The second-order valence-electron chi connectivity index (χ2n) is 9.11. The normalized spacial score (nSPS) is 18.8. The van der Waals surface area contributed by atoms with Gasteiger partial charge in [0.05, 0.1) is 18.9 Å². The van der Waals surface area contributed by atoms with E-state index in [1.807, 2.05) is 35.2 Å². The summed E-state index contributed by atoms with van der Waals surface area (Å²) in [6.45, 7) is 5.48. The number of nitrogens with one attached hydrogen (secondary N) is 1. The summed E-state index contributed by atoms with van der Waals surface area (Å²) in [5.74, 6) is 0.712. The molecule has 1 atom stereocenters. The van der Waals surface area contributed by atoms with Crippen LogP contribution in [0, 0.1) is 5.92 Å². The maximum atomic E-state index is 12.8. The molecule has 0 aliphatic carbocycles. The maximum Gasteiger partial charge on any atom is 0.226 e. The van der Waals surface area contributed by atoms with Gasteiger partial charge in [-0.2, -0.15) is 0 Å². The summed E-state index contributed by atoms with van der Waals surface area (Å²) in [5, 5.41) is 3.07. The minimum Gasteiger partial charge on any atom is -0.493 e. The number of para-hydroxylation sites is 1. The largest absolute Gasteiger partial charge is 0.493 e. The van der Waals surface area contributed by atoms with E-state index in [2.05, 4.69) is 34.5 Å². The molecular weight excluding hydrogens is 414 g/mol. The topological polar surface area (TPSA) is 61.9 Å². The standard InChI is InChI=1S/C27H35N3O3/c31-26(14-18-33-25-8-2-1-3-9-25)30-17-6-7-24(21-30)27(32)28-19-22-10-12-23(13-11-22)20-29-15-4-5-16-29/h1-3,8-13,24H,4-7,14-21H2,(H,28,32). The molecule has 0 bridgehead atoms. The molecule has 0 spiro atoms. The molecular formula is C27H35N3O3. The van der Waals surface area contributed by atoms with Crippen molar-refractivity contribution in [3.8, 4) is 5.75 Å². The minimum absolute atomic E-state index is 0.0363. The average Bonchev–Trinajstić information content (AvgIpc) is 3.37. The van der Waals surface area contributed by atoms with Crippen molar-refractivity contribution in [1.82, 2.24) is 15.1 Å². The van der Waals surface area contributed by atoms with E-state index < -0.39 is 0 Å². The molecule has 0 aromatic heterocycles. The minimum atomic E-state index is -0.146. The maximum absolute atomic E-state index is 12.8. The Bertz CT molecular complexity index is 895. The first-order valence-corrected chi connectivity index (χ1v) is 12.2. The Morgan fingerprint density at radius 1 is 0.909 bits per heavy atom. The third kappa shape index (κ3) is 7.06. The molecule has 2 aromatic carbocycles. The van der Waals surface area contributed by atoms with E-state index in [9.17, 15) is 9.59 Å². The van der Waals surface area contributed by atoms with Crippen LogP contribution in [-0.4, -0.2) is 54.4 Å². The highest BCUT2D eigenvalue weighted by Crippen LogP contribution is 2.18. The zero-order valence-corrected chi connectivity index (χ0v) is 19.4. The molecule has 2 fully saturated rings. The number of carbonyl (C=O) groups is 2. The molecule has 33 heavy (non-hydrogen) atoms. The number of nitrogens with zero attached hydrogens (tertiary/aromatic N) is 2. The quantitative estimate of drug-likeness (QED) is 0.635. The van der Waals surface area contributed by atoms with E-state index in [0.717, 1.165) is 30.7 Å². The van der Waals surface area contributed by atoms with Crippen molar-refractivity contribution in [2.24, 2.45) is 5.92 Å². The highest BCUT2D eigenvalue weighted by Gasteiger charge is 2.28. The van der Waals surface area contributed by atoms with Gasteiger partial charge in [-0.15, -0.1) is 0 Å². The highest BCUT2D eigenvalue weighted by atomic mass is 16.5. The number of likely N-dealkylation sites (tertiary alicyclic amines) is 2. The summed E-state index contributed by atoms with van der Waals surface area (Å²) >= 11 is 0. The Hall–Kier alpha value is -2.86. The van der Waals surface area contributed by atoms with Gasteiger partial charge in [0.25, 0.3) is 0 Å². The van der Waals surface area contributed by atoms with Crippen LogP contribution in [0.4, 0.5) is 0 Å². The number of piperidine rings is 1. The first-order valence-electron chi connectivity index (χ1n) is 12.2. The number of hydrogen-bond acceptors (Lipinski definition) is 4. The Morgan fingerprint density at radius 3 is 2.39 bits per heavy atom. The van der Waals surface area contributed by atoms with Crippen molar-refractivity contribution in [2.75, 3.05) is 32.8 Å². The second-order valence-corrected chi connectivity index (χ2v) is 9.11. The predicted molar refractivity (Wildman–Crippen MR) is 129 cm³/mol. The fourth-order valence-corrected chi connectivity index (χ4v) is 4.64. The van der Waals surface area contributed by atoms with Gasteiger partial charge in [0, 0.05) is 26.2 Å². The Balaban J connectivity index is 1.18. The number of carbonyl (C=O) groups excluding carboxylic acids is 2. The summed E-state index contributed by atoms with van der Waals surface area (Å²) < 4.78 is 5.65. The van der Waals surface area contributed by atoms with E-state index in [0.29, 0.717) is 32.7 Å². The number of rotatable bonds is 9. The SMILES string of the molecule is O=C(NCc1ccc(CN2CCCC2)cc1)C1CCCN(C(=O)CCOc2ccccc2)C1. The van der Waals surface area contributed by atoms with E-state index >= 15 is 0 Å². The van der Waals surface area contributed by atoms with Crippen molar-refractivity contribution in [3.63, 3.8) is 0 Å². The lowest BCUT2D eigenvalue weighted by atomic mass is 9.96. The summed E-state index contributed by atoms with van der Waals surface area (Å²) in [4.78, 5) is 29.7. The first kappa shape index (κ1) is 23.3. The van der Waals surface area contributed by atoms with Crippen LogP contribution in [0.15, 0.2) is 54.6 Å². The van der Waals surface area contributed by atoms with E-state index in [-0.39, 0.29) is 17.7 Å². The van der Waals surface area contributed by atoms with Gasteiger partial charge in [-0.25, -0.2) is 0 Å². The molecule has 1 N–H and O–H groups in total. The van der Waals surface area contributed by atoms with Crippen molar-refractivity contribution >= 4 is 11.8 Å². The fourth-order valence-electron chi connectivity index (χ4n) is 4.64. The molecule has 6 heteroatoms. The first-order chi connectivity index (χ1) is 16.2. The van der Waals surface area contributed by atoms with Gasteiger partial charge >= 0.3 is 0 Å². The smallest absolute Gasteiger partial charge is 0.226 e. The molecule has 2 aliphatic heterocycles. The molecule has 4 rings (SSSR count).